The van der Waals surface area contributed by atoms with Crippen LogP contribution in [0.4, 0.5) is 0 Å². The van der Waals surface area contributed by atoms with Gasteiger partial charge in [-0.05, 0) is 24.3 Å². The quantitative estimate of drug-likeness (QED) is 0.647. The smallest absolute Gasteiger partial charge is 0.355 e. The van der Waals surface area contributed by atoms with E-state index in [1.807, 2.05) is 12.1 Å². The number of hydrogen-bond donors (Lipinski definition) is 0. The monoisotopic (exact) mass is 242 g/mol. The average molecular weight is 242 g/mol. The third-order valence-electron chi connectivity index (χ3n) is 2.66. The van der Waals surface area contributed by atoms with Crippen LogP contribution in [-0.4, -0.2) is 22.5 Å². The Hall–Kier alpha value is -2.56. The molecule has 0 saturated heterocycles. The second-order valence-electron chi connectivity index (χ2n) is 3.73. The van der Waals surface area contributed by atoms with Crippen LogP contribution in [0.25, 0.3) is 17.1 Å². The third kappa shape index (κ3) is 1.57. The van der Waals surface area contributed by atoms with E-state index in [9.17, 15) is 4.79 Å². The summed E-state index contributed by atoms with van der Waals surface area (Å²) < 4.78 is 11.7. The van der Waals surface area contributed by atoms with E-state index in [1.165, 1.54) is 7.11 Å². The summed E-state index contributed by atoms with van der Waals surface area (Å²) in [5, 5.41) is 0. The molecule has 0 aromatic carbocycles. The third-order valence-corrected chi connectivity index (χ3v) is 2.66. The topological polar surface area (TPSA) is 56.7 Å². The second-order valence-corrected chi connectivity index (χ2v) is 3.73. The maximum atomic E-state index is 11.6. The van der Waals surface area contributed by atoms with Gasteiger partial charge in [-0.2, -0.15) is 0 Å². The predicted octanol–water partition coefficient (Wildman–Crippen LogP) is 2.38. The lowest BCUT2D eigenvalue weighted by atomic mass is 10.3. The van der Waals surface area contributed by atoms with E-state index in [4.69, 9.17) is 9.15 Å². The molecular weight excluding hydrogens is 232 g/mol. The van der Waals surface area contributed by atoms with E-state index in [2.05, 4.69) is 4.98 Å². The van der Waals surface area contributed by atoms with Gasteiger partial charge in [-0.15, -0.1) is 0 Å². The highest BCUT2D eigenvalue weighted by atomic mass is 16.5. The molecule has 0 N–H and O–H groups in total. The van der Waals surface area contributed by atoms with Crippen molar-refractivity contribution in [1.82, 2.24) is 9.38 Å². The van der Waals surface area contributed by atoms with Crippen molar-refractivity contribution in [1.29, 1.82) is 0 Å². The molecule has 0 saturated carbocycles. The van der Waals surface area contributed by atoms with Crippen LogP contribution in [0.15, 0.2) is 47.2 Å². The number of hydrogen-bond acceptors (Lipinski definition) is 4. The van der Waals surface area contributed by atoms with Gasteiger partial charge in [0.25, 0.3) is 0 Å². The molecule has 0 atom stereocenters. The first-order valence-electron chi connectivity index (χ1n) is 5.40. The van der Waals surface area contributed by atoms with Gasteiger partial charge in [0, 0.05) is 6.20 Å². The highest BCUT2D eigenvalue weighted by Gasteiger charge is 2.13. The number of furan rings is 1. The lowest BCUT2D eigenvalue weighted by Gasteiger charge is -2.01. The predicted molar refractivity (Wildman–Crippen MR) is 64.2 cm³/mol. The number of ether oxygens (including phenoxy) is 1. The maximum absolute atomic E-state index is 11.6. The summed E-state index contributed by atoms with van der Waals surface area (Å²) in [4.78, 5) is 16.0. The maximum Gasteiger partial charge on any atom is 0.355 e. The van der Waals surface area contributed by atoms with Crippen LogP contribution < -0.4 is 0 Å². The zero-order valence-corrected chi connectivity index (χ0v) is 9.66. The summed E-state index contributed by atoms with van der Waals surface area (Å²) in [6, 6.07) is 8.88. The molecule has 0 amide bonds. The summed E-state index contributed by atoms with van der Waals surface area (Å²) >= 11 is 0. The van der Waals surface area contributed by atoms with E-state index in [1.54, 1.807) is 35.1 Å². The lowest BCUT2D eigenvalue weighted by Crippen LogP contribution is -2.06. The van der Waals surface area contributed by atoms with Gasteiger partial charge in [-0.25, -0.2) is 9.78 Å². The first-order chi connectivity index (χ1) is 8.79. The fourth-order valence-corrected chi connectivity index (χ4v) is 1.82. The van der Waals surface area contributed by atoms with Gasteiger partial charge in [-0.1, -0.05) is 6.07 Å². The highest BCUT2D eigenvalue weighted by Crippen LogP contribution is 2.20. The number of carbonyl (C=O) groups excluding carboxylic acids is 1. The molecule has 3 heterocycles. The van der Waals surface area contributed by atoms with E-state index in [0.29, 0.717) is 22.8 Å². The molecule has 0 bridgehead atoms. The average Bonchev–Trinajstić information content (AvgIpc) is 3.04. The van der Waals surface area contributed by atoms with Gasteiger partial charge in [0.15, 0.2) is 5.76 Å². The van der Waals surface area contributed by atoms with Crippen LogP contribution in [0, 0.1) is 0 Å². The number of pyridine rings is 1. The first-order valence-corrected chi connectivity index (χ1v) is 5.40. The normalized spacial score (nSPS) is 10.7. The van der Waals surface area contributed by atoms with Crippen LogP contribution in [0.1, 0.15) is 10.5 Å². The van der Waals surface area contributed by atoms with Crippen LogP contribution >= 0.6 is 0 Å². The second kappa shape index (κ2) is 4.03. The van der Waals surface area contributed by atoms with Gasteiger partial charge >= 0.3 is 5.97 Å². The summed E-state index contributed by atoms with van der Waals surface area (Å²) in [6.45, 7) is 0. The largest absolute Gasteiger partial charge is 0.464 e. The summed E-state index contributed by atoms with van der Waals surface area (Å²) in [5.41, 5.74) is 1.78. The van der Waals surface area contributed by atoms with Crippen molar-refractivity contribution in [3.63, 3.8) is 0 Å². The zero-order chi connectivity index (χ0) is 12.5. The van der Waals surface area contributed by atoms with Crippen molar-refractivity contribution in [3.05, 3.63) is 48.5 Å². The molecule has 5 nitrogen and oxygen atoms in total. The SMILES string of the molecule is COC(=O)c1cccc2nc(-c3ccco3)cn12. The standard InChI is InChI=1S/C13H10N2O3/c1-17-13(16)10-4-2-6-12-14-9(8-15(10)12)11-5-3-7-18-11/h2-8H,1H3. The van der Waals surface area contributed by atoms with Crippen molar-refractivity contribution in [3.8, 4) is 11.5 Å². The van der Waals surface area contributed by atoms with E-state index < -0.39 is 5.97 Å². The molecule has 5 heteroatoms. The highest BCUT2D eigenvalue weighted by molar-refractivity contribution is 5.88. The van der Waals surface area contributed by atoms with E-state index in [0.717, 1.165) is 0 Å². The molecule has 0 fully saturated rings. The summed E-state index contributed by atoms with van der Waals surface area (Å²) in [6.07, 6.45) is 3.33. The van der Waals surface area contributed by atoms with Gasteiger partial charge in [0.2, 0.25) is 0 Å². The van der Waals surface area contributed by atoms with Gasteiger partial charge in [0.05, 0.1) is 13.4 Å². The van der Waals surface area contributed by atoms with Gasteiger partial charge < -0.3 is 9.15 Å². The Balaban J connectivity index is 2.20. The fraction of sp³-hybridized carbons (Fsp3) is 0.0769. The minimum absolute atomic E-state index is 0.399. The Morgan fingerprint density at radius 2 is 2.22 bits per heavy atom. The Morgan fingerprint density at radius 3 is 2.94 bits per heavy atom. The van der Waals surface area contributed by atoms with Crippen molar-refractivity contribution >= 4 is 11.6 Å². The van der Waals surface area contributed by atoms with Gasteiger partial charge in [0.1, 0.15) is 17.0 Å². The fourth-order valence-electron chi connectivity index (χ4n) is 1.82. The molecule has 0 radical (unpaired) electrons. The molecule has 0 unspecified atom stereocenters. The molecule has 3 rings (SSSR count). The van der Waals surface area contributed by atoms with Gasteiger partial charge in [-0.3, -0.25) is 4.40 Å². The molecule has 0 spiro atoms. The van der Waals surface area contributed by atoms with Crippen molar-refractivity contribution in [2.45, 2.75) is 0 Å². The Labute approximate surface area is 103 Å². The summed E-state index contributed by atoms with van der Waals surface area (Å²) in [5.74, 6) is 0.263. The minimum atomic E-state index is -0.399. The minimum Gasteiger partial charge on any atom is -0.464 e. The number of aromatic nitrogens is 2. The number of nitrogens with zero attached hydrogens (tertiary/aromatic N) is 2. The molecule has 18 heavy (non-hydrogen) atoms. The van der Waals surface area contributed by atoms with Crippen LogP contribution in [0.3, 0.4) is 0 Å². The molecule has 0 aliphatic rings. The summed E-state index contributed by atoms with van der Waals surface area (Å²) in [7, 11) is 1.35. The molecule has 0 aliphatic heterocycles. The molecular formula is C13H10N2O3. The number of imidazole rings is 1. The van der Waals surface area contributed by atoms with Crippen LogP contribution in [0.5, 0.6) is 0 Å². The number of rotatable bonds is 2. The number of carbonyl (C=O) groups is 1. The van der Waals surface area contributed by atoms with Crippen molar-refractivity contribution < 1.29 is 13.9 Å². The Kier molecular flexibility index (Phi) is 2.37. The molecule has 3 aromatic rings. The van der Waals surface area contributed by atoms with Crippen molar-refractivity contribution in [2.24, 2.45) is 0 Å². The van der Waals surface area contributed by atoms with Crippen molar-refractivity contribution in [2.75, 3.05) is 7.11 Å². The molecule has 0 aliphatic carbocycles. The number of esters is 1. The Bertz CT molecular complexity index is 698. The molecule has 3 aromatic heterocycles. The number of fused-ring (bicyclic) bond motifs is 1. The van der Waals surface area contributed by atoms with Crippen LogP contribution in [0.2, 0.25) is 0 Å². The van der Waals surface area contributed by atoms with Crippen LogP contribution in [-0.2, 0) is 4.74 Å². The van der Waals surface area contributed by atoms with E-state index >= 15 is 0 Å². The first kappa shape index (κ1) is 10.6. The zero-order valence-electron chi connectivity index (χ0n) is 9.66. The Morgan fingerprint density at radius 1 is 1.33 bits per heavy atom. The van der Waals surface area contributed by atoms with E-state index in [-0.39, 0.29) is 0 Å². The lowest BCUT2D eigenvalue weighted by molar-refractivity contribution is 0.0592. The molecule has 90 valence electrons. The number of methoxy groups -OCH3 is 1.